The summed E-state index contributed by atoms with van der Waals surface area (Å²) in [5.41, 5.74) is 8.38. The lowest BCUT2D eigenvalue weighted by Crippen LogP contribution is -2.26. The highest BCUT2D eigenvalue weighted by Crippen LogP contribution is 2.17. The fraction of sp³-hybridized carbons (Fsp3) is 0.357. The van der Waals surface area contributed by atoms with Crippen molar-refractivity contribution in [2.75, 3.05) is 18.5 Å². The fourth-order valence-electron chi connectivity index (χ4n) is 1.93. The zero-order valence-corrected chi connectivity index (χ0v) is 12.3. The van der Waals surface area contributed by atoms with Gasteiger partial charge in [0.15, 0.2) is 0 Å². The summed E-state index contributed by atoms with van der Waals surface area (Å²) in [6.07, 6.45) is 5.39. The van der Waals surface area contributed by atoms with E-state index in [0.717, 1.165) is 22.7 Å². The molecule has 2 N–H and O–H groups in total. The molecule has 0 bridgehead atoms. The zero-order valence-electron chi connectivity index (χ0n) is 12.3. The number of nitrogens with two attached hydrogens (primary N) is 1. The number of rotatable bonds is 3. The molecule has 0 aliphatic heterocycles. The standard InChI is InChI=1S/C14H20N6/c1-5-16-13(6-10(2)15)20(4)14-7-12-11(8-17-14)18-9-19(12)3/h6-9H,5,15H2,1-4H3/b10-6-,16-13?. The van der Waals surface area contributed by atoms with E-state index in [0.29, 0.717) is 12.2 Å². The number of hydrogen-bond donors (Lipinski definition) is 1. The normalized spacial score (nSPS) is 13.0. The van der Waals surface area contributed by atoms with E-state index in [1.165, 1.54) is 0 Å². The maximum atomic E-state index is 5.76. The van der Waals surface area contributed by atoms with Crippen LogP contribution >= 0.6 is 0 Å². The first-order valence-electron chi connectivity index (χ1n) is 6.52. The Morgan fingerprint density at radius 1 is 1.50 bits per heavy atom. The number of fused-ring (bicyclic) bond motifs is 1. The molecule has 0 atom stereocenters. The number of anilines is 1. The maximum Gasteiger partial charge on any atom is 0.136 e. The maximum absolute atomic E-state index is 5.76. The van der Waals surface area contributed by atoms with E-state index in [2.05, 4.69) is 15.0 Å². The van der Waals surface area contributed by atoms with Gasteiger partial charge >= 0.3 is 0 Å². The summed E-state index contributed by atoms with van der Waals surface area (Å²) in [5.74, 6) is 1.60. The van der Waals surface area contributed by atoms with E-state index in [9.17, 15) is 0 Å². The molecule has 0 aromatic carbocycles. The Bertz CT molecular complexity index is 663. The summed E-state index contributed by atoms with van der Waals surface area (Å²) in [6.45, 7) is 4.53. The van der Waals surface area contributed by atoms with Crippen molar-refractivity contribution in [3.8, 4) is 0 Å². The van der Waals surface area contributed by atoms with Crippen LogP contribution in [0, 0.1) is 0 Å². The minimum absolute atomic E-state index is 0.692. The highest BCUT2D eigenvalue weighted by molar-refractivity contribution is 6.05. The van der Waals surface area contributed by atoms with Crippen molar-refractivity contribution in [1.29, 1.82) is 0 Å². The van der Waals surface area contributed by atoms with Crippen molar-refractivity contribution in [2.45, 2.75) is 13.8 Å². The van der Waals surface area contributed by atoms with E-state index in [1.54, 1.807) is 12.5 Å². The van der Waals surface area contributed by atoms with Crippen LogP contribution in [0.25, 0.3) is 11.0 Å². The second-order valence-electron chi connectivity index (χ2n) is 4.67. The highest BCUT2D eigenvalue weighted by atomic mass is 15.2. The first-order chi connectivity index (χ1) is 9.52. The van der Waals surface area contributed by atoms with E-state index in [4.69, 9.17) is 5.73 Å². The molecular formula is C14H20N6. The number of aliphatic imine (C=N–C) groups is 1. The first-order valence-corrected chi connectivity index (χ1v) is 6.52. The summed E-state index contributed by atoms with van der Waals surface area (Å²) in [4.78, 5) is 15.1. The number of pyridine rings is 1. The Labute approximate surface area is 118 Å². The molecular weight excluding hydrogens is 252 g/mol. The molecule has 0 saturated heterocycles. The van der Waals surface area contributed by atoms with E-state index in [1.807, 2.05) is 49.6 Å². The van der Waals surface area contributed by atoms with Crippen LogP contribution in [-0.4, -0.2) is 34.0 Å². The number of allylic oxidation sites excluding steroid dienone is 1. The lowest BCUT2D eigenvalue weighted by molar-refractivity contribution is 0.947. The molecule has 2 aromatic heterocycles. The monoisotopic (exact) mass is 272 g/mol. The van der Waals surface area contributed by atoms with Crippen LogP contribution in [0.2, 0.25) is 0 Å². The zero-order chi connectivity index (χ0) is 14.7. The number of likely N-dealkylation sites (N-methyl/N-ethyl adjacent to an activating group) is 1. The molecule has 2 rings (SSSR count). The third kappa shape index (κ3) is 2.79. The molecule has 6 heteroatoms. The topological polar surface area (TPSA) is 72.3 Å². The van der Waals surface area contributed by atoms with Crippen LogP contribution in [0.5, 0.6) is 0 Å². The first kappa shape index (κ1) is 14.0. The molecule has 20 heavy (non-hydrogen) atoms. The Morgan fingerprint density at radius 3 is 2.90 bits per heavy atom. The Morgan fingerprint density at radius 2 is 2.25 bits per heavy atom. The Kier molecular flexibility index (Phi) is 4.02. The van der Waals surface area contributed by atoms with Gasteiger partial charge < -0.3 is 15.2 Å². The molecule has 0 aliphatic carbocycles. The van der Waals surface area contributed by atoms with Crippen molar-refractivity contribution < 1.29 is 0 Å². The van der Waals surface area contributed by atoms with Gasteiger partial charge in [0.25, 0.3) is 0 Å². The summed E-state index contributed by atoms with van der Waals surface area (Å²) in [6, 6.07) is 1.99. The van der Waals surface area contributed by atoms with Gasteiger partial charge in [-0.05, 0) is 19.9 Å². The van der Waals surface area contributed by atoms with Crippen LogP contribution in [0.1, 0.15) is 13.8 Å². The van der Waals surface area contributed by atoms with Gasteiger partial charge in [-0.2, -0.15) is 0 Å². The van der Waals surface area contributed by atoms with Crippen LogP contribution in [0.3, 0.4) is 0 Å². The molecule has 0 amide bonds. The van der Waals surface area contributed by atoms with E-state index >= 15 is 0 Å². The molecule has 0 fully saturated rings. The molecule has 0 aliphatic rings. The van der Waals surface area contributed by atoms with Crippen molar-refractivity contribution in [3.05, 3.63) is 30.4 Å². The average Bonchev–Trinajstić information content (AvgIpc) is 2.78. The van der Waals surface area contributed by atoms with Crippen molar-refractivity contribution in [3.63, 3.8) is 0 Å². The number of aryl methyl sites for hydroxylation is 1. The average molecular weight is 272 g/mol. The second kappa shape index (κ2) is 5.73. The number of nitrogens with zero attached hydrogens (tertiary/aromatic N) is 5. The molecule has 106 valence electrons. The smallest absolute Gasteiger partial charge is 0.136 e. The predicted octanol–water partition coefficient (Wildman–Crippen LogP) is 1.69. The fourth-order valence-corrected chi connectivity index (χ4v) is 1.93. The van der Waals surface area contributed by atoms with Crippen LogP contribution in [0.4, 0.5) is 5.82 Å². The number of hydrogen-bond acceptors (Lipinski definition) is 4. The van der Waals surface area contributed by atoms with Crippen molar-refractivity contribution in [1.82, 2.24) is 14.5 Å². The number of amidine groups is 1. The van der Waals surface area contributed by atoms with Crippen LogP contribution < -0.4 is 10.6 Å². The lowest BCUT2D eigenvalue weighted by atomic mass is 10.3. The van der Waals surface area contributed by atoms with Gasteiger partial charge in [-0.15, -0.1) is 0 Å². The largest absolute Gasteiger partial charge is 0.402 e. The van der Waals surface area contributed by atoms with Gasteiger partial charge in [-0.25, -0.2) is 9.97 Å². The van der Waals surface area contributed by atoms with Gasteiger partial charge in [0.2, 0.25) is 0 Å². The third-order valence-corrected chi connectivity index (χ3v) is 2.96. The minimum atomic E-state index is 0.692. The number of imidazole rings is 1. The Balaban J connectivity index is 2.43. The lowest BCUT2D eigenvalue weighted by Gasteiger charge is -2.18. The van der Waals surface area contributed by atoms with E-state index in [-0.39, 0.29) is 0 Å². The summed E-state index contributed by atoms with van der Waals surface area (Å²) in [5, 5.41) is 0. The van der Waals surface area contributed by atoms with Gasteiger partial charge in [0.1, 0.15) is 17.2 Å². The van der Waals surface area contributed by atoms with Crippen molar-refractivity contribution in [2.24, 2.45) is 17.8 Å². The molecule has 0 unspecified atom stereocenters. The molecule has 2 aromatic rings. The van der Waals surface area contributed by atoms with Gasteiger partial charge in [-0.3, -0.25) is 4.99 Å². The number of aromatic nitrogens is 3. The quantitative estimate of drug-likeness (QED) is 0.681. The van der Waals surface area contributed by atoms with Gasteiger partial charge in [-0.1, -0.05) is 0 Å². The SMILES string of the molecule is CCN=C(/C=C(/C)N)N(C)c1cc2c(cn1)ncn2C. The van der Waals surface area contributed by atoms with Gasteiger partial charge in [0, 0.05) is 32.4 Å². The third-order valence-electron chi connectivity index (χ3n) is 2.96. The van der Waals surface area contributed by atoms with Gasteiger partial charge in [0.05, 0.1) is 18.0 Å². The van der Waals surface area contributed by atoms with Crippen LogP contribution in [-0.2, 0) is 7.05 Å². The van der Waals surface area contributed by atoms with Crippen molar-refractivity contribution >= 4 is 22.7 Å². The summed E-state index contributed by atoms with van der Waals surface area (Å²) in [7, 11) is 3.89. The minimum Gasteiger partial charge on any atom is -0.402 e. The summed E-state index contributed by atoms with van der Waals surface area (Å²) >= 11 is 0. The second-order valence-corrected chi connectivity index (χ2v) is 4.67. The summed E-state index contributed by atoms with van der Waals surface area (Å²) < 4.78 is 1.97. The predicted molar refractivity (Wildman–Crippen MR) is 82.8 cm³/mol. The highest BCUT2D eigenvalue weighted by Gasteiger charge is 2.10. The van der Waals surface area contributed by atoms with E-state index < -0.39 is 0 Å². The molecule has 0 spiro atoms. The molecule has 2 heterocycles. The molecule has 6 nitrogen and oxygen atoms in total. The van der Waals surface area contributed by atoms with Crippen LogP contribution in [0.15, 0.2) is 35.4 Å². The molecule has 0 saturated carbocycles. The Hall–Kier alpha value is -2.37. The molecule has 0 radical (unpaired) electrons.